The lowest BCUT2D eigenvalue weighted by Crippen LogP contribution is -2.20. The van der Waals surface area contributed by atoms with Crippen molar-refractivity contribution in [1.29, 1.82) is 0 Å². The summed E-state index contributed by atoms with van der Waals surface area (Å²) in [4.78, 5) is 0. The Morgan fingerprint density at radius 2 is 2.00 bits per heavy atom. The van der Waals surface area contributed by atoms with E-state index < -0.39 is 0 Å². The van der Waals surface area contributed by atoms with Crippen molar-refractivity contribution in [3.05, 3.63) is 0 Å². The molecule has 0 unspecified atom stereocenters. The molecule has 0 aliphatic rings. The predicted molar refractivity (Wildman–Crippen MR) is 17.9 cm³/mol. The lowest BCUT2D eigenvalue weighted by Gasteiger charge is -1.95. The fourth-order valence-corrected chi connectivity index (χ4v) is 0. The lowest BCUT2D eigenvalue weighted by atomic mass is 11.4. The van der Waals surface area contributed by atoms with Crippen molar-refractivity contribution < 1.29 is 4.48 Å². The molecule has 0 atom stereocenters. The first kappa shape index (κ1) is 4.85. The van der Waals surface area contributed by atoms with Crippen LogP contribution in [-0.4, -0.2) is 19.3 Å². The number of hydrogen-bond donors (Lipinski definition) is 1. The SMILES string of the molecule is CNN(C)F. The molecule has 2 nitrogen and oxygen atoms in total. The molecule has 5 heavy (non-hydrogen) atoms. The molecule has 0 saturated heterocycles. The molecular formula is C2H7FN2. The Labute approximate surface area is 30.5 Å². The largest absolute Gasteiger partial charge is 0.231 e. The highest BCUT2D eigenvalue weighted by molar-refractivity contribution is 3.99. The van der Waals surface area contributed by atoms with Crippen LogP contribution in [0.25, 0.3) is 0 Å². The first-order valence-corrected chi connectivity index (χ1v) is 1.34. The van der Waals surface area contributed by atoms with E-state index >= 15 is 0 Å². The van der Waals surface area contributed by atoms with E-state index in [1.165, 1.54) is 14.1 Å². The summed E-state index contributed by atoms with van der Waals surface area (Å²) < 4.78 is 11.2. The van der Waals surface area contributed by atoms with Crippen LogP contribution in [-0.2, 0) is 0 Å². The molecule has 0 amide bonds. The van der Waals surface area contributed by atoms with E-state index in [1.807, 2.05) is 0 Å². The number of hydrazine groups is 1. The molecule has 0 spiro atoms. The molecule has 0 rings (SSSR count). The van der Waals surface area contributed by atoms with Crippen LogP contribution in [0.5, 0.6) is 0 Å². The molecule has 0 bridgehead atoms. The second-order valence-electron chi connectivity index (χ2n) is 0.701. The quantitative estimate of drug-likeness (QED) is 0.349. The van der Waals surface area contributed by atoms with Crippen LogP contribution in [0.3, 0.4) is 0 Å². The first-order chi connectivity index (χ1) is 2.27. The van der Waals surface area contributed by atoms with E-state index in [0.29, 0.717) is 5.23 Å². The number of nitrogens with zero attached hydrogens (tertiary/aromatic N) is 1. The number of nitrogens with one attached hydrogen (secondary N) is 1. The maximum absolute atomic E-state index is 11.2. The molecule has 0 aliphatic heterocycles. The zero-order valence-electron chi connectivity index (χ0n) is 3.33. The normalized spacial score (nSPS) is 9.60. The molecule has 0 radical (unpaired) electrons. The summed E-state index contributed by atoms with van der Waals surface area (Å²) in [5, 5.41) is 0.375. The zero-order chi connectivity index (χ0) is 4.28. The second kappa shape index (κ2) is 2.11. The van der Waals surface area contributed by atoms with Crippen molar-refractivity contribution in [2.24, 2.45) is 0 Å². The van der Waals surface area contributed by atoms with E-state index in [2.05, 4.69) is 5.43 Å². The third kappa shape index (κ3) is 3.85. The Kier molecular flexibility index (Phi) is 2.05. The minimum absolute atomic E-state index is 0.375. The van der Waals surface area contributed by atoms with Gasteiger partial charge in [0.05, 0.1) is 0 Å². The molecule has 1 N–H and O–H groups in total. The monoisotopic (exact) mass is 78.1 g/mol. The molecule has 32 valence electrons. The van der Waals surface area contributed by atoms with Crippen molar-refractivity contribution in [3.8, 4) is 0 Å². The third-order valence-corrected chi connectivity index (χ3v) is 0.308. The summed E-state index contributed by atoms with van der Waals surface area (Å²) in [6, 6.07) is 0. The molecule has 0 aromatic carbocycles. The van der Waals surface area contributed by atoms with Crippen molar-refractivity contribution in [1.82, 2.24) is 10.7 Å². The smallest absolute Gasteiger partial charge is 0.0339 e. The predicted octanol–water partition coefficient (Wildman–Crippen LogP) is -0.0629. The lowest BCUT2D eigenvalue weighted by molar-refractivity contribution is 0.00984. The van der Waals surface area contributed by atoms with Crippen molar-refractivity contribution in [2.45, 2.75) is 0 Å². The van der Waals surface area contributed by atoms with Crippen LogP contribution in [0, 0.1) is 0 Å². The van der Waals surface area contributed by atoms with Gasteiger partial charge in [-0.1, -0.05) is 5.23 Å². The summed E-state index contributed by atoms with van der Waals surface area (Å²) in [5.74, 6) is 0. The Hall–Kier alpha value is -0.150. The number of hydrogen-bond acceptors (Lipinski definition) is 2. The van der Waals surface area contributed by atoms with Crippen molar-refractivity contribution in [2.75, 3.05) is 14.1 Å². The maximum atomic E-state index is 11.2. The highest BCUT2D eigenvalue weighted by Gasteiger charge is 1.75. The van der Waals surface area contributed by atoms with Gasteiger partial charge < -0.3 is 0 Å². The fourth-order valence-electron chi connectivity index (χ4n) is 0. The average Bonchev–Trinajstić information content (AvgIpc) is 1.38. The van der Waals surface area contributed by atoms with Gasteiger partial charge in [-0.2, -0.15) is 0 Å². The molecule has 0 fully saturated rings. The number of rotatable bonds is 1. The minimum Gasteiger partial charge on any atom is -0.231 e. The van der Waals surface area contributed by atoms with Crippen LogP contribution in [0.1, 0.15) is 0 Å². The van der Waals surface area contributed by atoms with Gasteiger partial charge in [0.1, 0.15) is 0 Å². The Morgan fingerprint density at radius 3 is 2.00 bits per heavy atom. The van der Waals surface area contributed by atoms with Gasteiger partial charge in [-0.25, -0.2) is 5.43 Å². The summed E-state index contributed by atoms with van der Waals surface area (Å²) >= 11 is 0. The molecule has 0 aromatic heterocycles. The molecule has 0 saturated carbocycles. The topological polar surface area (TPSA) is 15.3 Å². The van der Waals surface area contributed by atoms with E-state index in [9.17, 15) is 4.48 Å². The Bertz CT molecular complexity index is 21.6. The van der Waals surface area contributed by atoms with Gasteiger partial charge in [-0.3, -0.25) is 0 Å². The van der Waals surface area contributed by atoms with Gasteiger partial charge in [-0.05, 0) is 0 Å². The standard InChI is InChI=1S/C2H7FN2/c1-4-5(2)3/h4H,1-2H3. The van der Waals surface area contributed by atoms with Crippen LogP contribution >= 0.6 is 0 Å². The fraction of sp³-hybridized carbons (Fsp3) is 1.00. The zero-order valence-corrected chi connectivity index (χ0v) is 3.33. The number of halogens is 1. The van der Waals surface area contributed by atoms with Crippen molar-refractivity contribution >= 4 is 0 Å². The molecule has 0 aliphatic carbocycles. The van der Waals surface area contributed by atoms with Crippen LogP contribution in [0.2, 0.25) is 0 Å². The third-order valence-electron chi connectivity index (χ3n) is 0.308. The molecule has 0 aromatic rings. The van der Waals surface area contributed by atoms with Crippen LogP contribution in [0.4, 0.5) is 4.48 Å². The van der Waals surface area contributed by atoms with Crippen LogP contribution < -0.4 is 5.43 Å². The Morgan fingerprint density at radius 1 is 1.80 bits per heavy atom. The van der Waals surface area contributed by atoms with Gasteiger partial charge in [0, 0.05) is 14.1 Å². The molecule has 3 heteroatoms. The maximum Gasteiger partial charge on any atom is 0.0339 e. The van der Waals surface area contributed by atoms with E-state index in [0.717, 1.165) is 0 Å². The van der Waals surface area contributed by atoms with E-state index in [1.54, 1.807) is 0 Å². The summed E-state index contributed by atoms with van der Waals surface area (Å²) in [6.45, 7) is 0. The summed E-state index contributed by atoms with van der Waals surface area (Å²) in [6.07, 6.45) is 0. The van der Waals surface area contributed by atoms with Gasteiger partial charge in [-0.15, -0.1) is 4.48 Å². The highest BCUT2D eigenvalue weighted by atomic mass is 19.2. The van der Waals surface area contributed by atoms with E-state index in [4.69, 9.17) is 0 Å². The van der Waals surface area contributed by atoms with Crippen LogP contribution in [0.15, 0.2) is 0 Å². The second-order valence-corrected chi connectivity index (χ2v) is 0.701. The highest BCUT2D eigenvalue weighted by Crippen LogP contribution is 1.62. The average molecular weight is 78.1 g/mol. The summed E-state index contributed by atoms with van der Waals surface area (Å²) in [5.41, 5.74) is 2.19. The van der Waals surface area contributed by atoms with Crippen molar-refractivity contribution in [3.63, 3.8) is 0 Å². The Balaban J connectivity index is 2.54. The molecule has 0 heterocycles. The first-order valence-electron chi connectivity index (χ1n) is 1.34. The summed E-state index contributed by atoms with van der Waals surface area (Å²) in [7, 11) is 2.78. The van der Waals surface area contributed by atoms with Gasteiger partial charge in [0.25, 0.3) is 0 Å². The van der Waals surface area contributed by atoms with E-state index in [-0.39, 0.29) is 0 Å². The molecular weight excluding hydrogens is 71.0 g/mol. The minimum atomic E-state index is 0.375. The van der Waals surface area contributed by atoms with Gasteiger partial charge in [0.15, 0.2) is 0 Å². The van der Waals surface area contributed by atoms with Gasteiger partial charge >= 0.3 is 0 Å². The van der Waals surface area contributed by atoms with Gasteiger partial charge in [0.2, 0.25) is 0 Å².